The van der Waals surface area contributed by atoms with Crippen LogP contribution in [0.4, 0.5) is 0 Å². The zero-order chi connectivity index (χ0) is 12.0. The summed E-state index contributed by atoms with van der Waals surface area (Å²) in [4.78, 5) is 11.6. The summed E-state index contributed by atoms with van der Waals surface area (Å²) in [6, 6.07) is 6.32. The van der Waals surface area contributed by atoms with Crippen molar-refractivity contribution in [2.24, 2.45) is 0 Å². The Morgan fingerprint density at radius 1 is 1.44 bits per heavy atom. The maximum absolute atomic E-state index is 11.6. The lowest BCUT2D eigenvalue weighted by molar-refractivity contribution is 0.0907. The molecule has 0 saturated heterocycles. The average molecular weight is 223 g/mol. The van der Waals surface area contributed by atoms with E-state index in [9.17, 15) is 15.0 Å². The molecule has 0 saturated carbocycles. The Morgan fingerprint density at radius 2 is 2.12 bits per heavy atom. The summed E-state index contributed by atoms with van der Waals surface area (Å²) in [5.41, 5.74) is 0.228. The molecule has 1 aromatic rings. The summed E-state index contributed by atoms with van der Waals surface area (Å²) in [7, 11) is 0. The van der Waals surface area contributed by atoms with E-state index in [2.05, 4.69) is 5.32 Å². The van der Waals surface area contributed by atoms with Crippen LogP contribution in [0, 0.1) is 0 Å². The maximum atomic E-state index is 11.6. The molecule has 1 aromatic carbocycles. The third kappa shape index (κ3) is 3.55. The molecule has 0 aliphatic carbocycles. The van der Waals surface area contributed by atoms with Gasteiger partial charge in [-0.15, -0.1) is 0 Å². The Kier molecular flexibility index (Phi) is 4.79. The third-order valence-electron chi connectivity index (χ3n) is 2.27. The van der Waals surface area contributed by atoms with Gasteiger partial charge in [-0.2, -0.15) is 0 Å². The number of aliphatic hydroxyl groups excluding tert-OH is 1. The van der Waals surface area contributed by atoms with Gasteiger partial charge in [-0.1, -0.05) is 25.5 Å². The zero-order valence-electron chi connectivity index (χ0n) is 9.31. The van der Waals surface area contributed by atoms with Gasteiger partial charge in [0.05, 0.1) is 11.7 Å². The molecule has 16 heavy (non-hydrogen) atoms. The Hall–Kier alpha value is -1.55. The van der Waals surface area contributed by atoms with E-state index < -0.39 is 6.10 Å². The highest BCUT2D eigenvalue weighted by molar-refractivity contribution is 5.96. The van der Waals surface area contributed by atoms with E-state index in [0.717, 1.165) is 6.42 Å². The standard InChI is InChI=1S/C12H17NO3/c1-2-5-9(14)8-13-12(16)10-6-3-4-7-11(10)15/h3-4,6-7,9,14-15H,2,5,8H2,1H3,(H,13,16). The van der Waals surface area contributed by atoms with Crippen LogP contribution in [0.25, 0.3) is 0 Å². The van der Waals surface area contributed by atoms with Gasteiger partial charge in [-0.25, -0.2) is 0 Å². The molecular formula is C12H17NO3. The lowest BCUT2D eigenvalue weighted by Crippen LogP contribution is -2.32. The number of phenols is 1. The van der Waals surface area contributed by atoms with Crippen LogP contribution in [-0.4, -0.2) is 28.8 Å². The van der Waals surface area contributed by atoms with Crippen molar-refractivity contribution < 1.29 is 15.0 Å². The fourth-order valence-corrected chi connectivity index (χ4v) is 1.41. The Morgan fingerprint density at radius 3 is 2.75 bits per heavy atom. The largest absolute Gasteiger partial charge is 0.507 e. The predicted molar refractivity (Wildman–Crippen MR) is 61.4 cm³/mol. The monoisotopic (exact) mass is 223 g/mol. The number of hydrogen-bond donors (Lipinski definition) is 3. The molecule has 0 aliphatic rings. The minimum absolute atomic E-state index is 0.0509. The van der Waals surface area contributed by atoms with Crippen molar-refractivity contribution in [3.63, 3.8) is 0 Å². The first kappa shape index (κ1) is 12.5. The first-order valence-corrected chi connectivity index (χ1v) is 5.39. The van der Waals surface area contributed by atoms with Crippen molar-refractivity contribution in [2.75, 3.05) is 6.54 Å². The molecule has 0 fully saturated rings. The smallest absolute Gasteiger partial charge is 0.255 e. The van der Waals surface area contributed by atoms with Crippen molar-refractivity contribution in [2.45, 2.75) is 25.9 Å². The van der Waals surface area contributed by atoms with Crippen molar-refractivity contribution >= 4 is 5.91 Å². The van der Waals surface area contributed by atoms with Gasteiger partial charge in [0.25, 0.3) is 5.91 Å². The highest BCUT2D eigenvalue weighted by Gasteiger charge is 2.11. The predicted octanol–water partition coefficient (Wildman–Crippen LogP) is 1.28. The first-order valence-electron chi connectivity index (χ1n) is 5.39. The number of hydrogen-bond acceptors (Lipinski definition) is 3. The number of nitrogens with one attached hydrogen (secondary N) is 1. The van der Waals surface area contributed by atoms with Gasteiger partial charge in [-0.3, -0.25) is 4.79 Å². The van der Waals surface area contributed by atoms with E-state index in [1.54, 1.807) is 12.1 Å². The van der Waals surface area contributed by atoms with Crippen LogP contribution in [-0.2, 0) is 0 Å². The molecule has 3 N–H and O–H groups in total. The topological polar surface area (TPSA) is 69.6 Å². The first-order chi connectivity index (χ1) is 7.65. The zero-order valence-corrected chi connectivity index (χ0v) is 9.31. The lowest BCUT2D eigenvalue weighted by Gasteiger charge is -2.11. The van der Waals surface area contributed by atoms with Crippen molar-refractivity contribution in [1.29, 1.82) is 0 Å². The molecule has 0 spiro atoms. The molecular weight excluding hydrogens is 206 g/mol. The van der Waals surface area contributed by atoms with Gasteiger partial charge in [-0.05, 0) is 18.6 Å². The molecule has 1 atom stereocenters. The van der Waals surface area contributed by atoms with Crippen LogP contribution in [0.2, 0.25) is 0 Å². The van der Waals surface area contributed by atoms with E-state index in [0.29, 0.717) is 6.42 Å². The minimum atomic E-state index is -0.528. The van der Waals surface area contributed by atoms with Crippen LogP contribution in [0.1, 0.15) is 30.1 Å². The number of aromatic hydroxyl groups is 1. The fraction of sp³-hybridized carbons (Fsp3) is 0.417. The van der Waals surface area contributed by atoms with E-state index in [1.165, 1.54) is 12.1 Å². The molecule has 0 aliphatic heterocycles. The molecule has 88 valence electrons. The van der Waals surface area contributed by atoms with E-state index >= 15 is 0 Å². The van der Waals surface area contributed by atoms with E-state index in [-0.39, 0.29) is 23.8 Å². The fourth-order valence-electron chi connectivity index (χ4n) is 1.41. The van der Waals surface area contributed by atoms with Crippen molar-refractivity contribution in [3.05, 3.63) is 29.8 Å². The number of phenolic OH excluding ortho intramolecular Hbond substituents is 1. The van der Waals surface area contributed by atoms with Crippen LogP contribution in [0.5, 0.6) is 5.75 Å². The van der Waals surface area contributed by atoms with Crippen LogP contribution < -0.4 is 5.32 Å². The van der Waals surface area contributed by atoms with E-state index in [4.69, 9.17) is 0 Å². The number of para-hydroxylation sites is 1. The summed E-state index contributed by atoms with van der Waals surface area (Å²) in [5, 5.41) is 21.4. The van der Waals surface area contributed by atoms with Gasteiger partial charge in [0.1, 0.15) is 5.75 Å². The van der Waals surface area contributed by atoms with Gasteiger partial charge >= 0.3 is 0 Å². The van der Waals surface area contributed by atoms with Gasteiger partial charge in [0, 0.05) is 6.54 Å². The summed E-state index contributed by atoms with van der Waals surface area (Å²) >= 11 is 0. The Balaban J connectivity index is 2.50. The SMILES string of the molecule is CCCC(O)CNC(=O)c1ccccc1O. The molecule has 4 nitrogen and oxygen atoms in total. The summed E-state index contributed by atoms with van der Waals surface area (Å²) < 4.78 is 0. The average Bonchev–Trinajstić information content (AvgIpc) is 2.27. The Labute approximate surface area is 94.9 Å². The third-order valence-corrected chi connectivity index (χ3v) is 2.27. The summed E-state index contributed by atoms with van der Waals surface area (Å²) in [5.74, 6) is -0.418. The van der Waals surface area contributed by atoms with Crippen molar-refractivity contribution in [1.82, 2.24) is 5.32 Å². The molecule has 1 unspecified atom stereocenters. The second-order valence-corrected chi connectivity index (χ2v) is 3.67. The minimum Gasteiger partial charge on any atom is -0.507 e. The second kappa shape index (κ2) is 6.12. The molecule has 0 radical (unpaired) electrons. The van der Waals surface area contributed by atoms with Crippen LogP contribution >= 0.6 is 0 Å². The van der Waals surface area contributed by atoms with Crippen LogP contribution in [0.3, 0.4) is 0 Å². The maximum Gasteiger partial charge on any atom is 0.255 e. The summed E-state index contributed by atoms with van der Waals surface area (Å²) in [6.45, 7) is 2.18. The lowest BCUT2D eigenvalue weighted by atomic mass is 10.1. The highest BCUT2D eigenvalue weighted by atomic mass is 16.3. The molecule has 0 aromatic heterocycles. The second-order valence-electron chi connectivity index (χ2n) is 3.67. The van der Waals surface area contributed by atoms with Crippen LogP contribution in [0.15, 0.2) is 24.3 Å². The quantitative estimate of drug-likeness (QED) is 0.704. The van der Waals surface area contributed by atoms with Crippen molar-refractivity contribution in [3.8, 4) is 5.75 Å². The molecule has 0 bridgehead atoms. The molecule has 0 heterocycles. The molecule has 1 rings (SSSR count). The molecule has 4 heteroatoms. The normalized spacial score (nSPS) is 12.1. The van der Waals surface area contributed by atoms with Gasteiger partial charge in [0.15, 0.2) is 0 Å². The summed E-state index contributed by atoms with van der Waals surface area (Å²) in [6.07, 6.45) is 0.995. The number of amides is 1. The highest BCUT2D eigenvalue weighted by Crippen LogP contribution is 2.14. The van der Waals surface area contributed by atoms with Gasteiger partial charge in [0.2, 0.25) is 0 Å². The Bertz CT molecular complexity index is 352. The number of carbonyl (C=O) groups excluding carboxylic acids is 1. The number of aliphatic hydroxyl groups is 1. The number of benzene rings is 1. The van der Waals surface area contributed by atoms with E-state index in [1.807, 2.05) is 6.92 Å². The van der Waals surface area contributed by atoms with Gasteiger partial charge < -0.3 is 15.5 Å². The number of carbonyl (C=O) groups is 1. The number of rotatable bonds is 5. The molecule has 1 amide bonds.